The summed E-state index contributed by atoms with van der Waals surface area (Å²) in [6, 6.07) is 4.79. The summed E-state index contributed by atoms with van der Waals surface area (Å²) in [5, 5.41) is 16.2. The molecule has 1 aliphatic rings. The van der Waals surface area contributed by atoms with Crippen molar-refractivity contribution >= 4 is 11.9 Å². The number of carboxylic acids is 1. The maximum Gasteiger partial charge on any atom is 0.328 e. The van der Waals surface area contributed by atoms with E-state index < -0.39 is 23.7 Å². The van der Waals surface area contributed by atoms with Crippen LogP contribution in [0, 0.1) is 5.82 Å². The molecule has 2 aromatic rings. The lowest BCUT2D eigenvalue weighted by Gasteiger charge is -2.15. The van der Waals surface area contributed by atoms with Gasteiger partial charge in [-0.1, -0.05) is 12.1 Å². The van der Waals surface area contributed by atoms with Gasteiger partial charge < -0.3 is 15.2 Å². The van der Waals surface area contributed by atoms with Gasteiger partial charge in [0.2, 0.25) is 0 Å². The summed E-state index contributed by atoms with van der Waals surface area (Å²) in [6.07, 6.45) is 4.74. The molecule has 1 aromatic carbocycles. The van der Waals surface area contributed by atoms with Crippen LogP contribution in [0.2, 0.25) is 0 Å². The number of hydrogen-bond donors (Lipinski definition) is 2. The highest BCUT2D eigenvalue weighted by Crippen LogP contribution is 2.27. The summed E-state index contributed by atoms with van der Waals surface area (Å²) in [7, 11) is 0. The largest absolute Gasteiger partial charge is 0.480 e. The molecule has 8 heteroatoms. The molecule has 1 atom stereocenters. The topological polar surface area (TPSA) is 93.5 Å². The van der Waals surface area contributed by atoms with Crippen molar-refractivity contribution in [2.45, 2.75) is 31.7 Å². The SMILES string of the molecule is C=CCOCC(NC(=O)c1nn(-c2cccc(F)c2)c2c1CCCC2)C(=O)O. The Hall–Kier alpha value is -3.00. The number of benzene rings is 1. The summed E-state index contributed by atoms with van der Waals surface area (Å²) in [5.74, 6) is -2.17. The van der Waals surface area contributed by atoms with Crippen molar-refractivity contribution in [1.82, 2.24) is 15.1 Å². The number of aromatic nitrogens is 2. The van der Waals surface area contributed by atoms with Crippen LogP contribution in [-0.4, -0.2) is 46.0 Å². The van der Waals surface area contributed by atoms with Gasteiger partial charge in [-0.25, -0.2) is 13.9 Å². The van der Waals surface area contributed by atoms with Gasteiger partial charge in [0, 0.05) is 11.3 Å². The molecule has 0 aliphatic heterocycles. The van der Waals surface area contributed by atoms with Gasteiger partial charge in [0.25, 0.3) is 5.91 Å². The average Bonchev–Trinajstić information content (AvgIpc) is 3.07. The Labute approximate surface area is 161 Å². The van der Waals surface area contributed by atoms with Crippen molar-refractivity contribution in [3.63, 3.8) is 0 Å². The standard InChI is InChI=1S/C20H22FN3O4/c1-2-10-28-12-16(20(26)27)22-19(25)18-15-8-3-4-9-17(15)24(23-18)14-7-5-6-13(21)11-14/h2,5-7,11,16H,1,3-4,8-10,12H2,(H,22,25)(H,26,27). The Morgan fingerprint density at radius 2 is 2.18 bits per heavy atom. The number of amides is 1. The fraction of sp³-hybridized carbons (Fsp3) is 0.350. The van der Waals surface area contributed by atoms with Gasteiger partial charge >= 0.3 is 5.97 Å². The molecular formula is C20H22FN3O4. The van der Waals surface area contributed by atoms with Crippen molar-refractivity contribution in [2.75, 3.05) is 13.2 Å². The maximum absolute atomic E-state index is 13.7. The minimum absolute atomic E-state index is 0.175. The molecule has 1 aliphatic carbocycles. The number of fused-ring (bicyclic) bond motifs is 1. The maximum atomic E-state index is 13.7. The molecule has 148 valence electrons. The van der Waals surface area contributed by atoms with Crippen LogP contribution in [0.25, 0.3) is 5.69 Å². The van der Waals surface area contributed by atoms with Crippen LogP contribution in [0.5, 0.6) is 0 Å². The lowest BCUT2D eigenvalue weighted by molar-refractivity contribution is -0.140. The third kappa shape index (κ3) is 4.28. The molecule has 2 N–H and O–H groups in total. The molecule has 0 fully saturated rings. The van der Waals surface area contributed by atoms with Crippen molar-refractivity contribution in [3.05, 3.63) is 59.7 Å². The Morgan fingerprint density at radius 1 is 1.39 bits per heavy atom. The number of carboxylic acid groups (broad SMARTS) is 1. The normalized spacial score (nSPS) is 14.2. The molecule has 0 spiro atoms. The van der Waals surface area contributed by atoms with Crippen LogP contribution in [0.3, 0.4) is 0 Å². The summed E-state index contributed by atoms with van der Waals surface area (Å²) in [4.78, 5) is 24.2. The molecule has 0 bridgehead atoms. The predicted octanol–water partition coefficient (Wildman–Crippen LogP) is 2.28. The van der Waals surface area contributed by atoms with E-state index in [9.17, 15) is 19.1 Å². The summed E-state index contributed by atoms with van der Waals surface area (Å²) < 4.78 is 20.4. The van der Waals surface area contributed by atoms with Crippen LogP contribution in [0.4, 0.5) is 4.39 Å². The van der Waals surface area contributed by atoms with Gasteiger partial charge in [0.05, 0.1) is 18.9 Å². The number of halogens is 1. The predicted molar refractivity (Wildman–Crippen MR) is 100 cm³/mol. The third-order valence-corrected chi connectivity index (χ3v) is 4.57. The van der Waals surface area contributed by atoms with Gasteiger partial charge in [-0.2, -0.15) is 5.10 Å². The van der Waals surface area contributed by atoms with Crippen LogP contribution in [0.1, 0.15) is 34.6 Å². The summed E-state index contributed by atoms with van der Waals surface area (Å²) in [5.41, 5.74) is 2.34. The number of ether oxygens (including phenoxy) is 1. The first-order valence-corrected chi connectivity index (χ1v) is 9.10. The van der Waals surface area contributed by atoms with E-state index in [2.05, 4.69) is 17.0 Å². The van der Waals surface area contributed by atoms with E-state index in [1.54, 1.807) is 16.8 Å². The molecule has 7 nitrogen and oxygen atoms in total. The number of rotatable bonds is 8. The third-order valence-electron chi connectivity index (χ3n) is 4.57. The van der Waals surface area contributed by atoms with E-state index in [4.69, 9.17) is 4.74 Å². The van der Waals surface area contributed by atoms with Crippen molar-refractivity contribution in [3.8, 4) is 5.69 Å². The fourth-order valence-corrected chi connectivity index (χ4v) is 3.27. The van der Waals surface area contributed by atoms with Crippen LogP contribution in [0.15, 0.2) is 36.9 Å². The Bertz CT molecular complexity index is 894. The van der Waals surface area contributed by atoms with E-state index in [0.29, 0.717) is 12.1 Å². The molecule has 0 radical (unpaired) electrons. The average molecular weight is 387 g/mol. The molecule has 0 saturated carbocycles. The number of carbonyl (C=O) groups excluding carboxylic acids is 1. The van der Waals surface area contributed by atoms with Crippen molar-refractivity contribution in [2.24, 2.45) is 0 Å². The Balaban J connectivity index is 1.89. The smallest absolute Gasteiger partial charge is 0.328 e. The summed E-state index contributed by atoms with van der Waals surface area (Å²) >= 11 is 0. The monoisotopic (exact) mass is 387 g/mol. The molecule has 1 unspecified atom stereocenters. The van der Waals surface area contributed by atoms with Gasteiger partial charge in [0.1, 0.15) is 5.82 Å². The van der Waals surface area contributed by atoms with Gasteiger partial charge in [0.15, 0.2) is 11.7 Å². The molecule has 28 heavy (non-hydrogen) atoms. The lowest BCUT2D eigenvalue weighted by atomic mass is 9.95. The first-order chi connectivity index (χ1) is 13.5. The lowest BCUT2D eigenvalue weighted by Crippen LogP contribution is -2.44. The van der Waals surface area contributed by atoms with E-state index in [0.717, 1.165) is 30.5 Å². The molecule has 1 amide bonds. The minimum atomic E-state index is -1.20. The van der Waals surface area contributed by atoms with Crippen molar-refractivity contribution in [1.29, 1.82) is 0 Å². The van der Waals surface area contributed by atoms with E-state index in [-0.39, 0.29) is 18.9 Å². The zero-order valence-electron chi connectivity index (χ0n) is 15.4. The number of nitrogens with one attached hydrogen (secondary N) is 1. The van der Waals surface area contributed by atoms with Crippen LogP contribution < -0.4 is 5.32 Å². The quantitative estimate of drug-likeness (QED) is 0.535. The van der Waals surface area contributed by atoms with Gasteiger partial charge in [-0.05, 0) is 43.9 Å². The Kier molecular flexibility index (Phi) is 6.20. The highest BCUT2D eigenvalue weighted by atomic mass is 19.1. The molecule has 1 aromatic heterocycles. The number of carbonyl (C=O) groups is 2. The van der Waals surface area contributed by atoms with E-state index in [1.165, 1.54) is 18.2 Å². The Morgan fingerprint density at radius 3 is 2.89 bits per heavy atom. The number of aliphatic carboxylic acids is 1. The second-order valence-electron chi connectivity index (χ2n) is 6.56. The second kappa shape index (κ2) is 8.79. The van der Waals surface area contributed by atoms with Crippen LogP contribution in [-0.2, 0) is 22.4 Å². The van der Waals surface area contributed by atoms with E-state index in [1.807, 2.05) is 0 Å². The highest BCUT2D eigenvalue weighted by molar-refractivity contribution is 5.96. The molecule has 3 rings (SSSR count). The zero-order valence-corrected chi connectivity index (χ0v) is 15.4. The zero-order chi connectivity index (χ0) is 20.1. The molecule has 0 saturated heterocycles. The van der Waals surface area contributed by atoms with Gasteiger partial charge in [-0.15, -0.1) is 6.58 Å². The first kappa shape index (κ1) is 19.8. The number of hydrogen-bond acceptors (Lipinski definition) is 4. The minimum Gasteiger partial charge on any atom is -0.480 e. The molecule has 1 heterocycles. The van der Waals surface area contributed by atoms with Crippen LogP contribution >= 0.6 is 0 Å². The summed E-state index contributed by atoms with van der Waals surface area (Å²) in [6.45, 7) is 3.50. The fourth-order valence-electron chi connectivity index (χ4n) is 3.27. The second-order valence-corrected chi connectivity index (χ2v) is 6.56. The highest BCUT2D eigenvalue weighted by Gasteiger charge is 2.28. The van der Waals surface area contributed by atoms with E-state index >= 15 is 0 Å². The molecular weight excluding hydrogens is 365 g/mol. The van der Waals surface area contributed by atoms with Gasteiger partial charge in [-0.3, -0.25) is 4.79 Å². The number of nitrogens with zero attached hydrogens (tertiary/aromatic N) is 2. The van der Waals surface area contributed by atoms with Crippen molar-refractivity contribution < 1.29 is 23.8 Å². The first-order valence-electron chi connectivity index (χ1n) is 9.10.